The van der Waals surface area contributed by atoms with Crippen molar-refractivity contribution in [2.24, 2.45) is 12.0 Å². The molecular formula is C16H31IN8O. The van der Waals surface area contributed by atoms with Gasteiger partial charge >= 0.3 is 0 Å². The molecule has 1 atom stereocenters. The van der Waals surface area contributed by atoms with Gasteiger partial charge in [0.1, 0.15) is 18.7 Å². The second-order valence-corrected chi connectivity index (χ2v) is 6.41. The van der Waals surface area contributed by atoms with E-state index in [1.165, 1.54) is 19.2 Å². The van der Waals surface area contributed by atoms with Gasteiger partial charge in [0, 0.05) is 33.7 Å². The number of carbonyl (C=O) groups is 1. The van der Waals surface area contributed by atoms with Crippen LogP contribution in [0.5, 0.6) is 0 Å². The van der Waals surface area contributed by atoms with E-state index < -0.39 is 0 Å². The first-order chi connectivity index (χ1) is 12.0. The van der Waals surface area contributed by atoms with Gasteiger partial charge in [0.2, 0.25) is 5.91 Å². The predicted octanol–water partition coefficient (Wildman–Crippen LogP) is 0.0408. The smallest absolute Gasteiger partial charge is 0.241 e. The molecule has 0 aromatic carbocycles. The molecule has 0 radical (unpaired) electrons. The number of nitrogens with zero attached hydrogens (tertiary/aromatic N) is 6. The molecule has 0 bridgehead atoms. The number of aliphatic imine (C=N–C) groups is 1. The summed E-state index contributed by atoms with van der Waals surface area (Å²) in [5.74, 6) is 1.40. The highest BCUT2D eigenvalue weighted by Gasteiger charge is 2.22. The van der Waals surface area contributed by atoms with Gasteiger partial charge in [-0.05, 0) is 25.9 Å². The molecule has 9 nitrogen and oxygen atoms in total. The molecule has 0 saturated carbocycles. The van der Waals surface area contributed by atoms with Crippen LogP contribution >= 0.6 is 24.0 Å². The number of carbonyl (C=O) groups excluding carboxylic acids is 1. The van der Waals surface area contributed by atoms with Crippen molar-refractivity contribution >= 4 is 35.8 Å². The van der Waals surface area contributed by atoms with E-state index in [-0.39, 0.29) is 36.4 Å². The van der Waals surface area contributed by atoms with Crippen molar-refractivity contribution in [3.05, 3.63) is 12.2 Å². The molecule has 2 N–H and O–H groups in total. The minimum absolute atomic E-state index is 0. The first-order valence-corrected chi connectivity index (χ1v) is 8.80. The fraction of sp³-hybridized carbons (Fsp3) is 0.750. The third-order valence-corrected chi connectivity index (χ3v) is 4.50. The Morgan fingerprint density at radius 3 is 2.81 bits per heavy atom. The fourth-order valence-corrected chi connectivity index (χ4v) is 2.86. The lowest BCUT2D eigenvalue weighted by Crippen LogP contribution is -2.47. The van der Waals surface area contributed by atoms with Gasteiger partial charge < -0.3 is 15.5 Å². The topological polar surface area (TPSA) is 90.7 Å². The monoisotopic (exact) mass is 478 g/mol. The maximum Gasteiger partial charge on any atom is 0.241 e. The molecule has 2 rings (SSSR count). The lowest BCUT2D eigenvalue weighted by atomic mass is 10.2. The number of amides is 1. The van der Waals surface area contributed by atoms with Crippen molar-refractivity contribution < 1.29 is 4.79 Å². The highest BCUT2D eigenvalue weighted by molar-refractivity contribution is 14.0. The number of rotatable bonds is 7. The van der Waals surface area contributed by atoms with E-state index in [9.17, 15) is 4.79 Å². The Morgan fingerprint density at radius 1 is 1.42 bits per heavy atom. The molecule has 10 heteroatoms. The van der Waals surface area contributed by atoms with Gasteiger partial charge in [0.25, 0.3) is 0 Å². The van der Waals surface area contributed by atoms with Gasteiger partial charge in [-0.25, -0.2) is 9.98 Å². The summed E-state index contributed by atoms with van der Waals surface area (Å²) < 4.78 is 1.70. The summed E-state index contributed by atoms with van der Waals surface area (Å²) in [5.41, 5.74) is 0. The average molecular weight is 478 g/mol. The number of hydrogen-bond acceptors (Lipinski definition) is 5. The zero-order valence-electron chi connectivity index (χ0n) is 16.1. The van der Waals surface area contributed by atoms with E-state index in [1.54, 1.807) is 23.7 Å². The first-order valence-electron chi connectivity index (χ1n) is 8.80. The van der Waals surface area contributed by atoms with Crippen LogP contribution in [-0.2, 0) is 18.4 Å². The number of aryl methyl sites for hydroxylation is 1. The Balaban J connectivity index is 0.00000338. The number of aromatic nitrogens is 3. The fourth-order valence-electron chi connectivity index (χ4n) is 2.86. The molecule has 1 unspecified atom stereocenters. The number of likely N-dealkylation sites (N-methyl/N-ethyl adjacent to an activating group) is 2. The van der Waals surface area contributed by atoms with Gasteiger partial charge in [-0.2, -0.15) is 5.10 Å². The minimum Gasteiger partial charge on any atom is -0.355 e. The summed E-state index contributed by atoms with van der Waals surface area (Å²) in [5, 5.41) is 10.5. The molecular weight excluding hydrogens is 447 g/mol. The molecule has 1 fully saturated rings. The summed E-state index contributed by atoms with van der Waals surface area (Å²) in [6.45, 7) is 5.83. The van der Waals surface area contributed by atoms with Gasteiger partial charge in [0.05, 0.1) is 6.54 Å². The Morgan fingerprint density at radius 2 is 2.19 bits per heavy atom. The van der Waals surface area contributed by atoms with Crippen LogP contribution in [0.3, 0.4) is 0 Å². The van der Waals surface area contributed by atoms with Crippen molar-refractivity contribution in [1.29, 1.82) is 0 Å². The number of hydrogen-bond donors (Lipinski definition) is 2. The van der Waals surface area contributed by atoms with E-state index in [1.807, 2.05) is 7.05 Å². The quantitative estimate of drug-likeness (QED) is 0.327. The molecule has 1 aliphatic heterocycles. The third kappa shape index (κ3) is 6.71. The summed E-state index contributed by atoms with van der Waals surface area (Å²) in [6, 6.07) is 0.511. The van der Waals surface area contributed by atoms with E-state index >= 15 is 0 Å². The van der Waals surface area contributed by atoms with Crippen LogP contribution < -0.4 is 10.6 Å². The van der Waals surface area contributed by atoms with E-state index in [0.717, 1.165) is 25.5 Å². The van der Waals surface area contributed by atoms with Crippen LogP contribution in [-0.4, -0.2) is 82.7 Å². The van der Waals surface area contributed by atoms with E-state index in [2.05, 4.69) is 37.5 Å². The van der Waals surface area contributed by atoms with Crippen molar-refractivity contribution in [2.45, 2.75) is 32.4 Å². The zero-order chi connectivity index (χ0) is 18.2. The Hall–Kier alpha value is -1.43. The molecule has 0 spiro atoms. The third-order valence-electron chi connectivity index (χ3n) is 4.50. The van der Waals surface area contributed by atoms with Crippen molar-refractivity contribution in [2.75, 3.05) is 40.3 Å². The van der Waals surface area contributed by atoms with Crippen LogP contribution in [0, 0.1) is 0 Å². The van der Waals surface area contributed by atoms with Crippen LogP contribution in [0.4, 0.5) is 0 Å². The van der Waals surface area contributed by atoms with Crippen molar-refractivity contribution in [1.82, 2.24) is 35.2 Å². The lowest BCUT2D eigenvalue weighted by Gasteiger charge is -2.24. The number of likely N-dealkylation sites (tertiary alicyclic amines) is 1. The Labute approximate surface area is 172 Å². The second kappa shape index (κ2) is 11.3. The van der Waals surface area contributed by atoms with Crippen LogP contribution in [0.1, 0.15) is 25.6 Å². The van der Waals surface area contributed by atoms with Gasteiger partial charge in [-0.15, -0.1) is 24.0 Å². The summed E-state index contributed by atoms with van der Waals surface area (Å²) in [7, 11) is 5.32. The maximum absolute atomic E-state index is 11.8. The Kier molecular flexibility index (Phi) is 9.84. The molecule has 0 aliphatic carbocycles. The minimum atomic E-state index is 0. The van der Waals surface area contributed by atoms with Crippen molar-refractivity contribution in [3.8, 4) is 0 Å². The molecule has 1 aromatic heterocycles. The van der Waals surface area contributed by atoms with Crippen molar-refractivity contribution in [3.63, 3.8) is 0 Å². The van der Waals surface area contributed by atoms with Crippen LogP contribution in [0.15, 0.2) is 11.3 Å². The largest absolute Gasteiger partial charge is 0.355 e. The maximum atomic E-state index is 11.8. The van der Waals surface area contributed by atoms with E-state index in [0.29, 0.717) is 18.5 Å². The molecule has 1 aliphatic rings. The molecule has 148 valence electrons. The number of halogens is 1. The standard InChI is InChI=1S/C16H30N8O.HI/c1-5-24-8-6-7-13(24)9-17-16(19-11-15(25)22(2)3)18-10-14-20-12-21-23(14)4;/h12-13H,5-11H2,1-4H3,(H2,17,18,19);1H. The van der Waals surface area contributed by atoms with Crippen LogP contribution in [0.2, 0.25) is 0 Å². The second-order valence-electron chi connectivity index (χ2n) is 6.41. The van der Waals surface area contributed by atoms with Crippen LogP contribution in [0.25, 0.3) is 0 Å². The molecule has 1 amide bonds. The molecule has 1 saturated heterocycles. The average Bonchev–Trinajstić information content (AvgIpc) is 3.22. The number of nitrogens with one attached hydrogen (secondary N) is 2. The van der Waals surface area contributed by atoms with Gasteiger partial charge in [0.15, 0.2) is 5.96 Å². The summed E-state index contributed by atoms with van der Waals surface area (Å²) in [6.07, 6.45) is 3.94. The normalized spacial score (nSPS) is 17.7. The van der Waals surface area contributed by atoms with E-state index in [4.69, 9.17) is 0 Å². The molecule has 26 heavy (non-hydrogen) atoms. The predicted molar refractivity (Wildman–Crippen MR) is 113 cm³/mol. The molecule has 1 aromatic rings. The summed E-state index contributed by atoms with van der Waals surface area (Å²) >= 11 is 0. The lowest BCUT2D eigenvalue weighted by molar-refractivity contribution is -0.127. The SMILES string of the molecule is CCN1CCCC1CNC(=NCc1ncnn1C)NCC(=O)N(C)C.I. The van der Waals surface area contributed by atoms with Gasteiger partial charge in [-0.3, -0.25) is 14.4 Å². The molecule has 2 heterocycles. The zero-order valence-corrected chi connectivity index (χ0v) is 18.4. The Bertz CT molecular complexity index is 589. The first kappa shape index (κ1) is 22.6. The highest BCUT2D eigenvalue weighted by Crippen LogP contribution is 2.15. The number of guanidine groups is 1. The highest BCUT2D eigenvalue weighted by atomic mass is 127. The van der Waals surface area contributed by atoms with Gasteiger partial charge in [-0.1, -0.05) is 6.92 Å². The summed E-state index contributed by atoms with van der Waals surface area (Å²) in [4.78, 5) is 24.6.